The van der Waals surface area contributed by atoms with E-state index >= 15 is 0 Å². The van der Waals surface area contributed by atoms with E-state index in [0.29, 0.717) is 18.4 Å². The number of nitrogens with zero attached hydrogens (tertiary/aromatic N) is 3. The normalized spacial score (nSPS) is 10.8. The van der Waals surface area contributed by atoms with E-state index in [1.54, 1.807) is 26.2 Å². The number of non-ortho nitro benzene ring substituents is 1. The van der Waals surface area contributed by atoms with Gasteiger partial charge in [-0.1, -0.05) is 26.0 Å². The van der Waals surface area contributed by atoms with Gasteiger partial charge in [-0.15, -0.1) is 24.0 Å². The molecule has 9 heteroatoms. The molecule has 0 spiro atoms. The lowest BCUT2D eigenvalue weighted by atomic mass is 10.2. The van der Waals surface area contributed by atoms with Gasteiger partial charge in [-0.2, -0.15) is 0 Å². The molecule has 140 valence electrons. The maximum Gasteiger partial charge on any atom is 0.269 e. The van der Waals surface area contributed by atoms with Crippen LogP contribution >= 0.6 is 24.0 Å². The molecule has 1 rings (SSSR count). The van der Waals surface area contributed by atoms with Crippen molar-refractivity contribution in [1.29, 1.82) is 0 Å². The smallest absolute Gasteiger partial charge is 0.269 e. The van der Waals surface area contributed by atoms with E-state index in [-0.39, 0.29) is 42.1 Å². The first-order valence-electron chi connectivity index (χ1n) is 7.75. The topological polar surface area (TPSA) is 99.9 Å². The summed E-state index contributed by atoms with van der Waals surface area (Å²) < 4.78 is 0. The molecular formula is C16H26IN5O3. The first-order chi connectivity index (χ1) is 11.3. The molecule has 0 bridgehead atoms. The minimum atomic E-state index is -0.433. The summed E-state index contributed by atoms with van der Waals surface area (Å²) in [6, 6.07) is 6.25. The lowest BCUT2D eigenvalue weighted by molar-refractivity contribution is -0.384. The number of hydrogen-bond donors (Lipinski definition) is 2. The Morgan fingerprint density at radius 1 is 1.24 bits per heavy atom. The summed E-state index contributed by atoms with van der Waals surface area (Å²) in [6.45, 7) is 5.39. The Morgan fingerprint density at radius 3 is 2.32 bits per heavy atom. The Labute approximate surface area is 165 Å². The van der Waals surface area contributed by atoms with Crippen LogP contribution in [0.5, 0.6) is 0 Å². The summed E-state index contributed by atoms with van der Waals surface area (Å²) in [4.78, 5) is 27.8. The van der Waals surface area contributed by atoms with Gasteiger partial charge in [-0.3, -0.25) is 14.9 Å². The van der Waals surface area contributed by atoms with E-state index in [4.69, 9.17) is 0 Å². The number of carbonyl (C=O) groups is 1. The fourth-order valence-electron chi connectivity index (χ4n) is 1.69. The van der Waals surface area contributed by atoms with Crippen LogP contribution < -0.4 is 10.6 Å². The average Bonchev–Trinajstić information content (AvgIpc) is 2.53. The molecule has 0 saturated carbocycles. The minimum Gasteiger partial charge on any atom is -0.356 e. The molecule has 0 aromatic heterocycles. The fourth-order valence-corrected chi connectivity index (χ4v) is 1.69. The van der Waals surface area contributed by atoms with Crippen LogP contribution in [0.2, 0.25) is 0 Å². The first kappa shape index (κ1) is 23.1. The lowest BCUT2D eigenvalue weighted by Crippen LogP contribution is -2.44. The molecule has 0 radical (unpaired) electrons. The highest BCUT2D eigenvalue weighted by Crippen LogP contribution is 2.12. The van der Waals surface area contributed by atoms with Gasteiger partial charge in [0.15, 0.2) is 5.96 Å². The summed E-state index contributed by atoms with van der Waals surface area (Å²) in [5.74, 6) is 0.919. The third-order valence-corrected chi connectivity index (χ3v) is 3.15. The van der Waals surface area contributed by atoms with Gasteiger partial charge in [0.25, 0.3) is 5.69 Å². The van der Waals surface area contributed by atoms with Gasteiger partial charge in [0.05, 0.1) is 18.0 Å². The van der Waals surface area contributed by atoms with Crippen molar-refractivity contribution in [2.45, 2.75) is 20.4 Å². The van der Waals surface area contributed by atoms with Crippen molar-refractivity contribution in [3.63, 3.8) is 0 Å². The van der Waals surface area contributed by atoms with Crippen LogP contribution in [0.25, 0.3) is 0 Å². The number of hydrogen-bond acceptors (Lipinski definition) is 4. The molecule has 1 amide bonds. The van der Waals surface area contributed by atoms with Crippen molar-refractivity contribution >= 4 is 41.5 Å². The first-order valence-corrected chi connectivity index (χ1v) is 7.75. The van der Waals surface area contributed by atoms with Gasteiger partial charge in [-0.05, 0) is 11.5 Å². The molecule has 25 heavy (non-hydrogen) atoms. The Balaban J connectivity index is 0.00000576. The number of carbonyl (C=O) groups excluding carboxylic acids is 1. The van der Waals surface area contributed by atoms with Crippen molar-refractivity contribution in [2.75, 3.05) is 27.2 Å². The van der Waals surface area contributed by atoms with Gasteiger partial charge in [0.2, 0.25) is 5.91 Å². The average molecular weight is 463 g/mol. The van der Waals surface area contributed by atoms with Gasteiger partial charge in [0, 0.05) is 32.8 Å². The molecule has 0 heterocycles. The zero-order valence-corrected chi connectivity index (χ0v) is 17.3. The van der Waals surface area contributed by atoms with E-state index in [1.165, 1.54) is 17.0 Å². The number of benzene rings is 1. The lowest BCUT2D eigenvalue weighted by Gasteiger charge is -2.16. The molecule has 0 unspecified atom stereocenters. The van der Waals surface area contributed by atoms with Gasteiger partial charge in [0.1, 0.15) is 0 Å². The predicted octanol–water partition coefficient (Wildman–Crippen LogP) is 1.99. The van der Waals surface area contributed by atoms with E-state index in [0.717, 1.165) is 12.1 Å². The molecule has 0 aliphatic heterocycles. The number of nitrogens with one attached hydrogen (secondary N) is 2. The van der Waals surface area contributed by atoms with Crippen molar-refractivity contribution in [1.82, 2.24) is 15.5 Å². The Kier molecular flexibility index (Phi) is 10.7. The standard InChI is InChI=1S/C16H25N5O3.HI/c1-12(2)9-17-16(19-11-15(22)20(3)4)18-10-13-5-7-14(8-6-13)21(23)24;/h5-8,12H,9-11H2,1-4H3,(H2,17,18,19);1H. The number of amides is 1. The van der Waals surface area contributed by atoms with Gasteiger partial charge >= 0.3 is 0 Å². The number of nitro groups is 1. The second-order valence-corrected chi connectivity index (χ2v) is 6.00. The molecule has 1 aromatic carbocycles. The third-order valence-electron chi connectivity index (χ3n) is 3.15. The van der Waals surface area contributed by atoms with Gasteiger partial charge in [-0.25, -0.2) is 4.99 Å². The molecule has 0 fully saturated rings. The molecule has 0 atom stereocenters. The van der Waals surface area contributed by atoms with Crippen LogP contribution in [0.4, 0.5) is 5.69 Å². The molecule has 1 aromatic rings. The number of aliphatic imine (C=N–C) groups is 1. The molecule has 0 aliphatic rings. The van der Waals surface area contributed by atoms with E-state index < -0.39 is 4.92 Å². The number of guanidine groups is 1. The quantitative estimate of drug-likeness (QED) is 0.212. The highest BCUT2D eigenvalue weighted by Gasteiger charge is 2.07. The summed E-state index contributed by atoms with van der Waals surface area (Å²) in [5, 5.41) is 16.8. The van der Waals surface area contributed by atoms with Crippen molar-refractivity contribution < 1.29 is 9.72 Å². The number of likely N-dealkylation sites (N-methyl/N-ethyl adjacent to an activating group) is 1. The largest absolute Gasteiger partial charge is 0.356 e. The molecule has 8 nitrogen and oxygen atoms in total. The van der Waals surface area contributed by atoms with Crippen LogP contribution in [0.15, 0.2) is 29.3 Å². The maximum absolute atomic E-state index is 11.7. The highest BCUT2D eigenvalue weighted by atomic mass is 127. The second kappa shape index (κ2) is 11.6. The monoisotopic (exact) mass is 463 g/mol. The predicted molar refractivity (Wildman–Crippen MR) is 109 cm³/mol. The van der Waals surface area contributed by atoms with Crippen LogP contribution in [-0.4, -0.2) is 48.9 Å². The number of nitro benzene ring substituents is 1. The summed E-state index contributed by atoms with van der Waals surface area (Å²) in [7, 11) is 3.39. The maximum atomic E-state index is 11.7. The minimum absolute atomic E-state index is 0. The Hall–Kier alpha value is -1.91. The summed E-state index contributed by atoms with van der Waals surface area (Å²) in [5.41, 5.74) is 0.903. The SMILES string of the molecule is CC(C)CNC(=NCc1ccc([N+](=O)[O-])cc1)NCC(=O)N(C)C.I. The number of halogens is 1. The van der Waals surface area contributed by atoms with Crippen molar-refractivity contribution in [2.24, 2.45) is 10.9 Å². The Morgan fingerprint density at radius 2 is 1.84 bits per heavy atom. The zero-order valence-electron chi connectivity index (χ0n) is 15.0. The number of rotatable bonds is 7. The van der Waals surface area contributed by atoms with Crippen LogP contribution in [0, 0.1) is 16.0 Å². The zero-order chi connectivity index (χ0) is 18.1. The van der Waals surface area contributed by atoms with E-state index in [2.05, 4.69) is 29.5 Å². The van der Waals surface area contributed by atoms with Crippen molar-refractivity contribution in [3.05, 3.63) is 39.9 Å². The summed E-state index contributed by atoms with van der Waals surface area (Å²) in [6.07, 6.45) is 0. The van der Waals surface area contributed by atoms with Gasteiger partial charge < -0.3 is 15.5 Å². The Bertz CT molecular complexity index is 588. The molecular weight excluding hydrogens is 437 g/mol. The van der Waals surface area contributed by atoms with Crippen LogP contribution in [0.3, 0.4) is 0 Å². The fraction of sp³-hybridized carbons (Fsp3) is 0.500. The third kappa shape index (κ3) is 9.22. The van der Waals surface area contributed by atoms with Crippen LogP contribution in [0.1, 0.15) is 19.4 Å². The van der Waals surface area contributed by atoms with E-state index in [1.807, 2.05) is 0 Å². The molecule has 0 aliphatic carbocycles. The highest BCUT2D eigenvalue weighted by molar-refractivity contribution is 14.0. The molecule has 0 saturated heterocycles. The van der Waals surface area contributed by atoms with Crippen molar-refractivity contribution in [3.8, 4) is 0 Å². The van der Waals surface area contributed by atoms with E-state index in [9.17, 15) is 14.9 Å². The van der Waals surface area contributed by atoms with Crippen LogP contribution in [-0.2, 0) is 11.3 Å². The molecule has 2 N–H and O–H groups in total. The summed E-state index contributed by atoms with van der Waals surface area (Å²) >= 11 is 0. The second-order valence-electron chi connectivity index (χ2n) is 6.00.